The molecule has 0 fully saturated rings. The van der Waals surface area contributed by atoms with Crippen LogP contribution in [0.2, 0.25) is 0 Å². The first-order valence-corrected chi connectivity index (χ1v) is 29.8. The Labute approximate surface area is 502 Å². The molecule has 5 aromatic heterocycles. The molecular formula is C80H46N6O2. The van der Waals surface area contributed by atoms with Gasteiger partial charge in [0.1, 0.15) is 46.3 Å². The SMILES string of the molecule is N#Cc1c(-n2c3ccccc3c3cc4c(cc32)oc2ccccc24)c(C#N)c(-n2c3ccccc3c3cc(-c4ccccc4)ccc32)c(-n2c3ccccc3c3cc4c(cc32)OC2C=CC=CC42)c1-n1c2ccccc2c2cc(-c3ccccc3)ccc21. The lowest BCUT2D eigenvalue weighted by molar-refractivity contribution is 0.269. The van der Waals surface area contributed by atoms with Gasteiger partial charge in [-0.1, -0.05) is 182 Å². The van der Waals surface area contributed by atoms with Crippen LogP contribution in [-0.2, 0) is 0 Å². The fourth-order valence-corrected chi connectivity index (χ4v) is 15.0. The number of para-hydroxylation sites is 5. The van der Waals surface area contributed by atoms with Crippen LogP contribution in [0.1, 0.15) is 22.6 Å². The molecule has 2 aliphatic rings. The third-order valence-electron chi connectivity index (χ3n) is 18.8. The summed E-state index contributed by atoms with van der Waals surface area (Å²) in [7, 11) is 0. The fourth-order valence-electron chi connectivity index (χ4n) is 15.0. The van der Waals surface area contributed by atoms with Crippen LogP contribution in [0.25, 0.3) is 154 Å². The molecule has 0 bridgehead atoms. The van der Waals surface area contributed by atoms with Crippen molar-refractivity contribution >= 4 is 109 Å². The molecule has 12 aromatic carbocycles. The van der Waals surface area contributed by atoms with Gasteiger partial charge in [0, 0.05) is 77.5 Å². The van der Waals surface area contributed by atoms with Crippen molar-refractivity contribution in [3.8, 4) is 62.9 Å². The van der Waals surface area contributed by atoms with Gasteiger partial charge >= 0.3 is 0 Å². The molecule has 0 spiro atoms. The van der Waals surface area contributed by atoms with E-state index < -0.39 is 0 Å². The van der Waals surface area contributed by atoms with E-state index >= 15 is 0 Å². The molecule has 2 unspecified atom stereocenters. The molecule has 19 rings (SSSR count). The van der Waals surface area contributed by atoms with E-state index in [1.807, 2.05) is 36.4 Å². The maximum absolute atomic E-state index is 12.9. The van der Waals surface area contributed by atoms with Crippen molar-refractivity contribution in [3.63, 3.8) is 0 Å². The third-order valence-corrected chi connectivity index (χ3v) is 18.8. The summed E-state index contributed by atoms with van der Waals surface area (Å²) in [6, 6.07) is 91.2. The zero-order valence-corrected chi connectivity index (χ0v) is 47.1. The maximum atomic E-state index is 12.9. The molecule has 0 radical (unpaired) electrons. The van der Waals surface area contributed by atoms with Crippen molar-refractivity contribution in [1.29, 1.82) is 10.5 Å². The van der Waals surface area contributed by atoms with E-state index in [4.69, 9.17) is 9.15 Å². The van der Waals surface area contributed by atoms with Gasteiger partial charge in [-0.2, -0.15) is 10.5 Å². The smallest absolute Gasteiger partial charge is 0.137 e. The fraction of sp³-hybridized carbons (Fsp3) is 0.0250. The van der Waals surface area contributed by atoms with E-state index in [-0.39, 0.29) is 12.0 Å². The molecule has 8 heteroatoms. The average Bonchev–Trinajstić information content (AvgIpc) is 1.56. The lowest BCUT2D eigenvalue weighted by Gasteiger charge is -2.27. The molecular weight excluding hydrogens is 1080 g/mol. The molecule has 8 nitrogen and oxygen atoms in total. The van der Waals surface area contributed by atoms with Crippen LogP contribution in [-0.4, -0.2) is 24.4 Å². The van der Waals surface area contributed by atoms with Gasteiger partial charge in [0.2, 0.25) is 0 Å². The highest BCUT2D eigenvalue weighted by Gasteiger charge is 2.37. The number of allylic oxidation sites excluding steroid dienone is 2. The molecule has 0 saturated carbocycles. The van der Waals surface area contributed by atoms with E-state index in [1.54, 1.807) is 0 Å². The molecule has 1 aliphatic carbocycles. The van der Waals surface area contributed by atoms with Gasteiger partial charge in [-0.3, -0.25) is 0 Å². The van der Waals surface area contributed by atoms with Crippen molar-refractivity contribution in [2.75, 3.05) is 0 Å². The van der Waals surface area contributed by atoms with Crippen LogP contribution < -0.4 is 4.74 Å². The minimum atomic E-state index is -0.157. The molecule has 0 amide bonds. The van der Waals surface area contributed by atoms with Gasteiger partial charge in [-0.15, -0.1) is 0 Å². The Kier molecular flexibility index (Phi) is 9.99. The van der Waals surface area contributed by atoms with Crippen molar-refractivity contribution in [1.82, 2.24) is 18.3 Å². The van der Waals surface area contributed by atoms with Crippen molar-refractivity contribution in [2.45, 2.75) is 12.0 Å². The highest BCUT2D eigenvalue weighted by Crippen LogP contribution is 2.52. The number of furan rings is 1. The second-order valence-corrected chi connectivity index (χ2v) is 23.2. The second kappa shape index (κ2) is 18.2. The van der Waals surface area contributed by atoms with Crippen molar-refractivity contribution in [3.05, 3.63) is 284 Å². The van der Waals surface area contributed by atoms with Crippen molar-refractivity contribution < 1.29 is 9.15 Å². The number of hydrogen-bond acceptors (Lipinski definition) is 4. The molecule has 0 N–H and O–H groups in total. The highest BCUT2D eigenvalue weighted by atomic mass is 16.5. The van der Waals surface area contributed by atoms with Gasteiger partial charge in [0.15, 0.2) is 0 Å². The number of ether oxygens (including phenoxy) is 1. The highest BCUT2D eigenvalue weighted by molar-refractivity contribution is 6.20. The third kappa shape index (κ3) is 6.60. The summed E-state index contributed by atoms with van der Waals surface area (Å²) < 4.78 is 22.8. The summed E-state index contributed by atoms with van der Waals surface area (Å²) in [4.78, 5) is 0. The predicted octanol–water partition coefficient (Wildman–Crippen LogP) is 20.0. The van der Waals surface area contributed by atoms with Crippen LogP contribution >= 0.6 is 0 Å². The standard InChI is InChI=1S/C80H46N6O2/c81-45-63-77(85-67-31-15-9-25-53(67)59-41-61-55-27-11-17-33-73(55)87-75(61)43-71(59)85)64(46-82)79(84-66-30-14-8-24-52(66)58-40-50(36-38-70(58)84)48-21-5-2-6-22-48)80(78(63)83-65-29-13-7-23-51(65)57-39-49(35-37-69(57)83)47-19-3-1-4-20-47)86-68-32-16-10-26-54(68)60-42-62-56-28-12-18-34-74(56)88-76(62)44-72(60)86/h1-44,56,74H. The van der Waals surface area contributed by atoms with E-state index in [1.165, 1.54) is 0 Å². The van der Waals surface area contributed by atoms with Crippen LogP contribution in [0.15, 0.2) is 271 Å². The predicted molar refractivity (Wildman–Crippen MR) is 357 cm³/mol. The van der Waals surface area contributed by atoms with Gasteiger partial charge in [0.05, 0.1) is 66.9 Å². The monoisotopic (exact) mass is 1120 g/mol. The van der Waals surface area contributed by atoms with Gasteiger partial charge in [0.25, 0.3) is 0 Å². The first kappa shape index (κ1) is 48.3. The first-order valence-electron chi connectivity index (χ1n) is 29.8. The molecule has 88 heavy (non-hydrogen) atoms. The van der Waals surface area contributed by atoms with E-state index in [2.05, 4.69) is 261 Å². The zero-order chi connectivity index (χ0) is 57.9. The minimum absolute atomic E-state index is 0.0380. The largest absolute Gasteiger partial charge is 0.485 e. The first-order chi connectivity index (χ1) is 43.6. The Hall–Kier alpha value is -12.1. The Bertz CT molecular complexity index is 5870. The summed E-state index contributed by atoms with van der Waals surface area (Å²) in [6.07, 6.45) is 8.39. The number of nitrogens with zero attached hydrogens (tertiary/aromatic N) is 6. The molecule has 6 heterocycles. The summed E-state index contributed by atoms with van der Waals surface area (Å²) in [5, 5.41) is 35.9. The summed E-state index contributed by atoms with van der Waals surface area (Å²) in [6.45, 7) is 0. The number of aromatic nitrogens is 4. The number of nitriles is 2. The number of hydrogen-bond donors (Lipinski definition) is 0. The minimum Gasteiger partial charge on any atom is -0.485 e. The summed E-state index contributed by atoms with van der Waals surface area (Å²) in [5.74, 6) is 0.831. The Morgan fingerprint density at radius 2 is 0.739 bits per heavy atom. The van der Waals surface area contributed by atoms with E-state index in [0.29, 0.717) is 39.5 Å². The van der Waals surface area contributed by atoms with Crippen LogP contribution in [0.3, 0.4) is 0 Å². The molecule has 17 aromatic rings. The maximum Gasteiger partial charge on any atom is 0.137 e. The average molecular weight is 1120 g/mol. The van der Waals surface area contributed by atoms with Gasteiger partial charge < -0.3 is 27.4 Å². The van der Waals surface area contributed by atoms with E-state index in [0.717, 1.165) is 137 Å². The lowest BCUT2D eigenvalue weighted by atomic mass is 9.91. The molecule has 1 aliphatic heterocycles. The Morgan fingerprint density at radius 1 is 0.307 bits per heavy atom. The second-order valence-electron chi connectivity index (χ2n) is 23.2. The van der Waals surface area contributed by atoms with Crippen LogP contribution in [0.5, 0.6) is 5.75 Å². The van der Waals surface area contributed by atoms with Crippen molar-refractivity contribution in [2.24, 2.45) is 0 Å². The van der Waals surface area contributed by atoms with E-state index in [9.17, 15) is 10.5 Å². The summed E-state index contributed by atoms with van der Waals surface area (Å²) in [5.41, 5.74) is 16.9. The summed E-state index contributed by atoms with van der Waals surface area (Å²) >= 11 is 0. The lowest BCUT2D eigenvalue weighted by Crippen LogP contribution is -2.17. The molecule has 408 valence electrons. The Morgan fingerprint density at radius 3 is 1.28 bits per heavy atom. The van der Waals surface area contributed by atoms with Crippen LogP contribution in [0.4, 0.5) is 0 Å². The number of benzene rings is 12. The zero-order valence-electron chi connectivity index (χ0n) is 47.1. The quantitative estimate of drug-likeness (QED) is 0.166. The number of fused-ring (bicyclic) bond motifs is 18. The topological polar surface area (TPSA) is 89.7 Å². The normalized spacial score (nSPS) is 14.6. The van der Waals surface area contributed by atoms with Crippen LogP contribution in [0, 0.1) is 22.7 Å². The number of rotatable bonds is 6. The molecule has 2 atom stereocenters. The van der Waals surface area contributed by atoms with Gasteiger partial charge in [-0.05, 0) is 95.1 Å². The van der Waals surface area contributed by atoms with Gasteiger partial charge in [-0.25, -0.2) is 0 Å². The molecule has 0 saturated heterocycles. The Balaban J connectivity index is 1.07.